The van der Waals surface area contributed by atoms with Gasteiger partial charge in [-0.05, 0) is 25.3 Å². The number of nitrogens with zero attached hydrogens (tertiary/aromatic N) is 2. The van der Waals surface area contributed by atoms with Gasteiger partial charge in [-0.2, -0.15) is 0 Å². The molecule has 5 N–H and O–H groups in total. The van der Waals surface area contributed by atoms with Crippen LogP contribution in [0.3, 0.4) is 0 Å². The number of unbranched alkanes of at least 4 members (excludes halogenated alkanes) is 2. The van der Waals surface area contributed by atoms with E-state index < -0.39 is 7.54 Å². The quantitative estimate of drug-likeness (QED) is 0.255. The fraction of sp³-hybridized carbons (Fsp3) is 0.875. The minimum absolute atomic E-state index is 0. The standard InChI is InChI=1S/C9H19NO.C5H10N2.2C4H10.CH4O.CH4.BF3.FH.H3N/c1-4-5-10-9(7-11)6-8(2)3;1-6-3-4-7(2)5-6;2*1-3-4-2;1-2;;2-1(3)4;;/h7-10H,4-6H2,1-3H3;3-4H,5H2,1-2H3;2*3-4H2,1-2H3;2H,1H3;1H4;;1H;1H3/p-1/t9-;;;;;;;;/m1......../s1. The molecule has 220 valence electrons. The van der Waals surface area contributed by atoms with E-state index in [1.54, 1.807) is 0 Å². The lowest BCUT2D eigenvalue weighted by atomic mass is 10.1. The molecule has 1 heterocycles. The Morgan fingerprint density at radius 2 is 1.23 bits per heavy atom. The molecule has 0 amide bonds. The molecule has 0 radical (unpaired) electrons. The molecule has 0 saturated heterocycles. The van der Waals surface area contributed by atoms with Crippen LogP contribution in [0.2, 0.25) is 0 Å². The predicted octanol–water partition coefficient (Wildman–Crippen LogP) is 3.80. The van der Waals surface area contributed by atoms with E-state index >= 15 is 0 Å². The van der Waals surface area contributed by atoms with Crippen LogP contribution < -0.4 is 16.2 Å². The third kappa shape index (κ3) is 79.4. The lowest BCUT2D eigenvalue weighted by Crippen LogP contribution is -3.00. The minimum Gasteiger partial charge on any atom is -1.00 e. The zero-order valence-corrected chi connectivity index (χ0v) is 23.6. The molecule has 6 nitrogen and oxygen atoms in total. The molecule has 0 bridgehead atoms. The third-order valence-corrected chi connectivity index (χ3v) is 3.57. The number of aliphatic hydroxyl groups is 1. The fourth-order valence-electron chi connectivity index (χ4n) is 1.70. The lowest BCUT2D eigenvalue weighted by Gasteiger charge is -2.13. The van der Waals surface area contributed by atoms with Crippen molar-refractivity contribution in [3.63, 3.8) is 0 Å². The summed E-state index contributed by atoms with van der Waals surface area (Å²) in [5, 5.41) is 10.2. The van der Waals surface area contributed by atoms with Crippen LogP contribution in [0.1, 0.15) is 94.4 Å². The normalized spacial score (nSPS) is 10.7. The van der Waals surface area contributed by atoms with E-state index in [0.29, 0.717) is 5.92 Å². The Morgan fingerprint density at radius 1 is 0.914 bits per heavy atom. The maximum Gasteiger partial charge on any atom is 0.762 e. The molecule has 35 heavy (non-hydrogen) atoms. The zero-order chi connectivity index (χ0) is 26.4. The van der Waals surface area contributed by atoms with Crippen molar-refractivity contribution in [2.75, 3.05) is 34.4 Å². The number of carbonyl (C=O) groups is 1. The summed E-state index contributed by atoms with van der Waals surface area (Å²) in [6.45, 7) is 17.1. The maximum absolute atomic E-state index is 10.5. The average Bonchev–Trinajstić information content (AvgIpc) is 3.15. The summed E-state index contributed by atoms with van der Waals surface area (Å²) in [5.41, 5.74) is 0. The Balaban J connectivity index is -0.0000000444. The first-order chi connectivity index (χ1) is 15.1. The van der Waals surface area contributed by atoms with Crippen LogP contribution in [0.15, 0.2) is 12.4 Å². The molecule has 11 heteroatoms. The molecule has 0 aromatic heterocycles. The maximum atomic E-state index is 10.5. The van der Waals surface area contributed by atoms with E-state index in [-0.39, 0.29) is 24.3 Å². The van der Waals surface area contributed by atoms with Crippen molar-refractivity contribution in [2.24, 2.45) is 5.92 Å². The SMILES string of the molecule is C.CCCC.CCCC.CCCN[C@@H](C=O)CC(C)C.CN1C=CN(C)C1.CO.FB(F)F.N.[F-]. The smallest absolute Gasteiger partial charge is 0.762 e. The molecular weight excluding hydrogens is 463 g/mol. The lowest BCUT2D eigenvalue weighted by molar-refractivity contribution is -0.109. The summed E-state index contributed by atoms with van der Waals surface area (Å²) >= 11 is 0. The highest BCUT2D eigenvalue weighted by molar-refractivity contribution is 6.33. The predicted molar refractivity (Wildman–Crippen MR) is 147 cm³/mol. The number of aliphatic hydroxyl groups excluding tert-OH is 1. The minimum atomic E-state index is -3.67. The van der Waals surface area contributed by atoms with Crippen LogP contribution in [0.4, 0.5) is 12.9 Å². The number of rotatable bonds is 8. The van der Waals surface area contributed by atoms with E-state index in [2.05, 4.69) is 90.1 Å². The molecule has 1 atom stereocenters. The molecule has 1 rings (SSSR count). The van der Waals surface area contributed by atoms with Gasteiger partial charge in [0, 0.05) is 33.6 Å². The van der Waals surface area contributed by atoms with Crippen molar-refractivity contribution in [1.29, 1.82) is 0 Å². The van der Waals surface area contributed by atoms with E-state index in [9.17, 15) is 17.7 Å². The van der Waals surface area contributed by atoms with Crippen LogP contribution in [0.25, 0.3) is 0 Å². The van der Waals surface area contributed by atoms with E-state index in [1.807, 2.05) is 0 Å². The van der Waals surface area contributed by atoms with Crippen LogP contribution in [0, 0.1) is 5.92 Å². The molecule has 0 fully saturated rings. The summed E-state index contributed by atoms with van der Waals surface area (Å²) in [5.74, 6) is 0.592. The Kier molecular flexibility index (Phi) is 77.5. The second-order valence-corrected chi connectivity index (χ2v) is 7.53. The molecule has 0 aromatic rings. The zero-order valence-electron chi connectivity index (χ0n) is 23.6. The Hall–Kier alpha value is -1.33. The molecule has 0 aliphatic carbocycles. The topological polar surface area (TPSA) is 90.8 Å². The van der Waals surface area contributed by atoms with Gasteiger partial charge in [-0.1, -0.05) is 81.6 Å². The molecule has 0 saturated carbocycles. The highest BCUT2D eigenvalue weighted by atomic mass is 19.4. The van der Waals surface area contributed by atoms with Crippen LogP contribution >= 0.6 is 0 Å². The summed E-state index contributed by atoms with van der Waals surface area (Å²) in [6.07, 6.45) is 12.4. The molecule has 0 aromatic carbocycles. The number of aldehydes is 1. The summed E-state index contributed by atoms with van der Waals surface area (Å²) in [7, 11) is 1.44. The molecule has 0 unspecified atom stereocenters. The van der Waals surface area contributed by atoms with Crippen molar-refractivity contribution in [1.82, 2.24) is 21.3 Å². The van der Waals surface area contributed by atoms with Crippen LogP contribution in [-0.4, -0.2) is 69.2 Å². The summed E-state index contributed by atoms with van der Waals surface area (Å²) in [6, 6.07) is 0.0648. The largest absolute Gasteiger partial charge is 1.00 e. The first-order valence-electron chi connectivity index (χ1n) is 11.7. The van der Waals surface area contributed by atoms with Gasteiger partial charge in [-0.3, -0.25) is 12.9 Å². The number of hydrogen-bond acceptors (Lipinski definition) is 6. The second kappa shape index (κ2) is 49.7. The van der Waals surface area contributed by atoms with Gasteiger partial charge in [0.2, 0.25) is 0 Å². The third-order valence-electron chi connectivity index (χ3n) is 3.57. The van der Waals surface area contributed by atoms with Crippen molar-refractivity contribution >= 4 is 13.8 Å². The van der Waals surface area contributed by atoms with Gasteiger partial charge in [-0.25, -0.2) is 0 Å². The second-order valence-electron chi connectivity index (χ2n) is 7.53. The van der Waals surface area contributed by atoms with Crippen molar-refractivity contribution < 1.29 is 27.6 Å². The monoisotopic (exact) mass is 523 g/mol. The Bertz CT molecular complexity index is 341. The Labute approximate surface area is 216 Å². The summed E-state index contributed by atoms with van der Waals surface area (Å²) < 4.78 is 29.0. The van der Waals surface area contributed by atoms with Gasteiger partial charge in [0.25, 0.3) is 0 Å². The molecule has 0 spiro atoms. The number of nitrogens with one attached hydrogen (secondary N) is 1. The highest BCUT2D eigenvalue weighted by Gasteiger charge is 2.07. The van der Waals surface area contributed by atoms with E-state index in [0.717, 1.165) is 39.5 Å². The van der Waals surface area contributed by atoms with Crippen molar-refractivity contribution in [3.8, 4) is 0 Å². The molecule has 1 aliphatic rings. The summed E-state index contributed by atoms with van der Waals surface area (Å²) in [4.78, 5) is 14.7. The van der Waals surface area contributed by atoms with Crippen LogP contribution in [-0.2, 0) is 4.79 Å². The van der Waals surface area contributed by atoms with Gasteiger partial charge in [0.15, 0.2) is 0 Å². The van der Waals surface area contributed by atoms with Gasteiger partial charge in [-0.15, -0.1) is 0 Å². The van der Waals surface area contributed by atoms with E-state index in [4.69, 9.17) is 5.11 Å². The Morgan fingerprint density at radius 3 is 1.37 bits per heavy atom. The molecular formula is C24H60BF4N4O2-. The first kappa shape index (κ1) is 54.5. The van der Waals surface area contributed by atoms with Crippen molar-refractivity contribution in [2.45, 2.75) is 100 Å². The van der Waals surface area contributed by atoms with Gasteiger partial charge in [0.1, 0.15) is 6.29 Å². The first-order valence-corrected chi connectivity index (χ1v) is 11.7. The number of carbonyl (C=O) groups excluding carboxylic acids is 1. The van der Waals surface area contributed by atoms with Crippen molar-refractivity contribution in [3.05, 3.63) is 12.4 Å². The van der Waals surface area contributed by atoms with Gasteiger partial charge < -0.3 is 35.9 Å². The molecule has 1 aliphatic heterocycles. The fourth-order valence-corrected chi connectivity index (χ4v) is 1.70. The van der Waals surface area contributed by atoms with Gasteiger partial charge in [0.05, 0.1) is 12.7 Å². The average molecular weight is 524 g/mol. The number of halogens is 4. The number of hydrogen-bond donors (Lipinski definition) is 3. The van der Waals surface area contributed by atoms with Crippen LogP contribution in [0.5, 0.6) is 0 Å². The van der Waals surface area contributed by atoms with E-state index in [1.165, 1.54) is 25.7 Å². The van der Waals surface area contributed by atoms with Gasteiger partial charge >= 0.3 is 7.54 Å². The highest BCUT2D eigenvalue weighted by Crippen LogP contribution is 2.02.